The van der Waals surface area contributed by atoms with E-state index in [0.717, 1.165) is 24.0 Å². The predicted octanol–water partition coefficient (Wildman–Crippen LogP) is 4.25. The molecule has 1 heteroatoms. The Morgan fingerprint density at radius 1 is 1.00 bits per heavy atom. The lowest BCUT2D eigenvalue weighted by atomic mass is 9.84. The Kier molecular flexibility index (Phi) is 3.54. The summed E-state index contributed by atoms with van der Waals surface area (Å²) in [6.45, 7) is 10.5. The van der Waals surface area contributed by atoms with Gasteiger partial charge in [-0.15, -0.1) is 0 Å². The van der Waals surface area contributed by atoms with Crippen LogP contribution in [0, 0.1) is 5.82 Å². The molecule has 0 atom stereocenters. The van der Waals surface area contributed by atoms with Gasteiger partial charge in [0.2, 0.25) is 0 Å². The van der Waals surface area contributed by atoms with E-state index in [1.165, 1.54) is 5.56 Å². The van der Waals surface area contributed by atoms with Gasteiger partial charge in [0.25, 0.3) is 0 Å². The maximum atomic E-state index is 13.8. The van der Waals surface area contributed by atoms with E-state index in [2.05, 4.69) is 20.8 Å². The second-order valence-corrected chi connectivity index (χ2v) is 5.07. The Morgan fingerprint density at radius 3 is 1.67 bits per heavy atom. The van der Waals surface area contributed by atoms with Gasteiger partial charge in [-0.05, 0) is 34.9 Å². The van der Waals surface area contributed by atoms with Crippen molar-refractivity contribution in [3.05, 3.63) is 34.6 Å². The minimum Gasteiger partial charge on any atom is -0.206 e. The van der Waals surface area contributed by atoms with Crippen molar-refractivity contribution in [1.29, 1.82) is 0 Å². The third kappa shape index (κ3) is 2.58. The number of benzene rings is 1. The van der Waals surface area contributed by atoms with Crippen LogP contribution in [0.3, 0.4) is 0 Å². The second kappa shape index (κ2) is 4.34. The number of aryl methyl sites for hydroxylation is 2. The molecule has 0 aliphatic heterocycles. The number of hydrogen-bond donors (Lipinski definition) is 0. The standard InChI is InChI=1S/C14H21F/c1-6-10-8-12(14(3,4)5)9-11(7-2)13(10)15/h8-9H,6-7H2,1-5H3. The first-order valence-corrected chi connectivity index (χ1v) is 5.72. The van der Waals surface area contributed by atoms with Crippen LogP contribution < -0.4 is 0 Å². The molecule has 0 amide bonds. The molecule has 0 aliphatic carbocycles. The van der Waals surface area contributed by atoms with Gasteiger partial charge in [0.15, 0.2) is 0 Å². The van der Waals surface area contributed by atoms with Crippen LogP contribution in [0.25, 0.3) is 0 Å². The Bertz CT molecular complexity index is 320. The third-order valence-electron chi connectivity index (χ3n) is 2.85. The molecule has 0 saturated carbocycles. The third-order valence-corrected chi connectivity index (χ3v) is 2.85. The zero-order chi connectivity index (χ0) is 11.6. The summed E-state index contributed by atoms with van der Waals surface area (Å²) in [6, 6.07) is 4.02. The highest BCUT2D eigenvalue weighted by Crippen LogP contribution is 2.27. The Labute approximate surface area is 92.5 Å². The number of rotatable bonds is 2. The maximum Gasteiger partial charge on any atom is 0.129 e. The fourth-order valence-corrected chi connectivity index (χ4v) is 1.70. The average molecular weight is 208 g/mol. The quantitative estimate of drug-likeness (QED) is 0.681. The van der Waals surface area contributed by atoms with Crippen molar-refractivity contribution in [3.8, 4) is 0 Å². The molecule has 84 valence electrons. The maximum absolute atomic E-state index is 13.8. The van der Waals surface area contributed by atoms with E-state index in [9.17, 15) is 4.39 Å². The lowest BCUT2D eigenvalue weighted by Gasteiger charge is -2.21. The molecular weight excluding hydrogens is 187 g/mol. The molecule has 0 N–H and O–H groups in total. The molecule has 0 unspecified atom stereocenters. The molecule has 1 aromatic rings. The summed E-state index contributed by atoms with van der Waals surface area (Å²) in [5.74, 6) is -0.00648. The highest BCUT2D eigenvalue weighted by molar-refractivity contribution is 5.35. The normalized spacial score (nSPS) is 11.9. The second-order valence-electron chi connectivity index (χ2n) is 5.07. The molecule has 0 saturated heterocycles. The highest BCUT2D eigenvalue weighted by Gasteiger charge is 2.17. The Morgan fingerprint density at radius 2 is 1.40 bits per heavy atom. The molecule has 1 aromatic carbocycles. The first-order chi connectivity index (χ1) is 6.90. The lowest BCUT2D eigenvalue weighted by molar-refractivity contribution is 0.569. The molecule has 0 fully saturated rings. The van der Waals surface area contributed by atoms with E-state index in [1.54, 1.807) is 0 Å². The zero-order valence-corrected chi connectivity index (χ0v) is 10.4. The van der Waals surface area contributed by atoms with Crippen LogP contribution in [-0.4, -0.2) is 0 Å². The van der Waals surface area contributed by atoms with Gasteiger partial charge in [0, 0.05) is 0 Å². The Balaban J connectivity index is 3.33. The molecule has 0 heterocycles. The van der Waals surface area contributed by atoms with E-state index in [1.807, 2.05) is 26.0 Å². The van der Waals surface area contributed by atoms with E-state index in [4.69, 9.17) is 0 Å². The first kappa shape index (κ1) is 12.2. The van der Waals surface area contributed by atoms with E-state index in [-0.39, 0.29) is 11.2 Å². The summed E-state index contributed by atoms with van der Waals surface area (Å²) in [5.41, 5.74) is 3.03. The molecule has 1 rings (SSSR count). The van der Waals surface area contributed by atoms with Crippen molar-refractivity contribution >= 4 is 0 Å². The van der Waals surface area contributed by atoms with Gasteiger partial charge >= 0.3 is 0 Å². The van der Waals surface area contributed by atoms with Gasteiger partial charge in [-0.2, -0.15) is 0 Å². The number of halogens is 1. The number of hydrogen-bond acceptors (Lipinski definition) is 0. The molecule has 15 heavy (non-hydrogen) atoms. The molecule has 0 bridgehead atoms. The largest absolute Gasteiger partial charge is 0.206 e. The highest BCUT2D eigenvalue weighted by atomic mass is 19.1. The first-order valence-electron chi connectivity index (χ1n) is 5.72. The molecule has 0 aliphatic rings. The molecule has 0 nitrogen and oxygen atoms in total. The average Bonchev–Trinajstić information content (AvgIpc) is 2.16. The van der Waals surface area contributed by atoms with E-state index in [0.29, 0.717) is 0 Å². The van der Waals surface area contributed by atoms with Crippen LogP contribution in [0.1, 0.15) is 51.3 Å². The van der Waals surface area contributed by atoms with Crippen molar-refractivity contribution in [3.63, 3.8) is 0 Å². The molecule has 0 aromatic heterocycles. The van der Waals surface area contributed by atoms with Gasteiger partial charge in [0.05, 0.1) is 0 Å². The van der Waals surface area contributed by atoms with Gasteiger partial charge in [-0.25, -0.2) is 4.39 Å². The van der Waals surface area contributed by atoms with Crippen LogP contribution >= 0.6 is 0 Å². The van der Waals surface area contributed by atoms with Crippen molar-refractivity contribution < 1.29 is 4.39 Å². The lowest BCUT2D eigenvalue weighted by Crippen LogP contribution is -2.13. The topological polar surface area (TPSA) is 0 Å². The van der Waals surface area contributed by atoms with Gasteiger partial charge in [-0.3, -0.25) is 0 Å². The molecule has 0 radical (unpaired) electrons. The van der Waals surface area contributed by atoms with Crippen molar-refractivity contribution in [2.45, 2.75) is 52.9 Å². The predicted molar refractivity (Wildman–Crippen MR) is 63.9 cm³/mol. The van der Waals surface area contributed by atoms with E-state index < -0.39 is 0 Å². The summed E-state index contributed by atoms with van der Waals surface area (Å²) < 4.78 is 13.8. The van der Waals surface area contributed by atoms with Gasteiger partial charge in [-0.1, -0.05) is 46.8 Å². The van der Waals surface area contributed by atoms with Crippen molar-refractivity contribution in [2.24, 2.45) is 0 Å². The van der Waals surface area contributed by atoms with Crippen LogP contribution in [0.5, 0.6) is 0 Å². The van der Waals surface area contributed by atoms with Gasteiger partial charge < -0.3 is 0 Å². The van der Waals surface area contributed by atoms with Crippen molar-refractivity contribution in [1.82, 2.24) is 0 Å². The van der Waals surface area contributed by atoms with Crippen LogP contribution in [0.15, 0.2) is 12.1 Å². The summed E-state index contributed by atoms with van der Waals surface area (Å²) >= 11 is 0. The smallest absolute Gasteiger partial charge is 0.129 e. The summed E-state index contributed by atoms with van der Waals surface area (Å²) in [5, 5.41) is 0. The molecule has 0 spiro atoms. The summed E-state index contributed by atoms with van der Waals surface area (Å²) in [6.07, 6.45) is 1.53. The summed E-state index contributed by atoms with van der Waals surface area (Å²) in [7, 11) is 0. The fraction of sp³-hybridized carbons (Fsp3) is 0.571. The molecular formula is C14H21F. The minimum atomic E-state index is -0.00648. The monoisotopic (exact) mass is 208 g/mol. The van der Waals surface area contributed by atoms with Crippen LogP contribution in [0.4, 0.5) is 4.39 Å². The van der Waals surface area contributed by atoms with E-state index >= 15 is 0 Å². The minimum absolute atomic E-state index is 0.00648. The summed E-state index contributed by atoms with van der Waals surface area (Å²) in [4.78, 5) is 0. The Hall–Kier alpha value is -0.850. The van der Waals surface area contributed by atoms with Gasteiger partial charge in [0.1, 0.15) is 5.82 Å². The SMILES string of the molecule is CCc1cc(C(C)(C)C)cc(CC)c1F. The zero-order valence-electron chi connectivity index (χ0n) is 10.4. The van der Waals surface area contributed by atoms with Crippen LogP contribution in [0.2, 0.25) is 0 Å². The fourth-order valence-electron chi connectivity index (χ4n) is 1.70. The van der Waals surface area contributed by atoms with Crippen molar-refractivity contribution in [2.75, 3.05) is 0 Å². The van der Waals surface area contributed by atoms with Crippen LogP contribution in [-0.2, 0) is 18.3 Å².